The maximum atomic E-state index is 13.0. The molecule has 0 radical (unpaired) electrons. The van der Waals surface area contributed by atoms with Gasteiger partial charge in [-0.05, 0) is 36.2 Å². The number of benzene rings is 3. The Labute approximate surface area is 224 Å². The van der Waals surface area contributed by atoms with E-state index in [0.717, 1.165) is 15.8 Å². The van der Waals surface area contributed by atoms with Gasteiger partial charge in [-0.1, -0.05) is 66.7 Å². The summed E-state index contributed by atoms with van der Waals surface area (Å²) in [4.78, 5) is 38.0. The highest BCUT2D eigenvalue weighted by atomic mass is 16.6. The fraction of sp³-hybridized carbons (Fsp3) is 0.179. The molecule has 0 unspecified atom stereocenters. The number of hydrogen-bond donors (Lipinski definition) is 4. The van der Waals surface area contributed by atoms with E-state index in [1.807, 2.05) is 60.7 Å². The SMILES string of the molecule is N=C(NC(=O)OCc1ccccc1)c1ccc2c(C(=O)NCCCN)nn(C(=O)OCc3ccccc3)c2c1. The average molecular weight is 529 g/mol. The van der Waals surface area contributed by atoms with E-state index in [-0.39, 0.29) is 35.8 Å². The normalized spacial score (nSPS) is 10.6. The number of alkyl carbamates (subject to hydrolysis) is 1. The molecule has 2 amide bonds. The van der Waals surface area contributed by atoms with Crippen LogP contribution in [-0.4, -0.2) is 46.8 Å². The minimum atomic E-state index is -0.806. The number of nitrogens with zero attached hydrogens (tertiary/aromatic N) is 2. The van der Waals surface area contributed by atoms with Crippen LogP contribution in [0.4, 0.5) is 9.59 Å². The summed E-state index contributed by atoms with van der Waals surface area (Å²) in [6.45, 7) is 0.804. The molecule has 0 aliphatic rings. The summed E-state index contributed by atoms with van der Waals surface area (Å²) < 4.78 is 11.6. The number of hydrogen-bond acceptors (Lipinski definition) is 8. The van der Waals surface area contributed by atoms with Gasteiger partial charge in [-0.15, -0.1) is 0 Å². The van der Waals surface area contributed by atoms with Gasteiger partial charge in [0.15, 0.2) is 5.69 Å². The van der Waals surface area contributed by atoms with Crippen molar-refractivity contribution < 1.29 is 23.9 Å². The molecule has 0 bridgehead atoms. The second-order valence-corrected chi connectivity index (χ2v) is 8.49. The summed E-state index contributed by atoms with van der Waals surface area (Å²) in [5.41, 5.74) is 7.61. The molecule has 4 rings (SSSR count). The van der Waals surface area contributed by atoms with Crippen LogP contribution in [-0.2, 0) is 22.7 Å². The Morgan fingerprint density at radius 3 is 2.18 bits per heavy atom. The van der Waals surface area contributed by atoms with E-state index >= 15 is 0 Å². The first kappa shape index (κ1) is 27.0. The molecule has 11 heteroatoms. The van der Waals surface area contributed by atoms with Crippen LogP contribution >= 0.6 is 0 Å². The molecule has 1 aromatic heterocycles. The quantitative estimate of drug-likeness (QED) is 0.147. The van der Waals surface area contributed by atoms with Crippen LogP contribution in [0.3, 0.4) is 0 Å². The zero-order valence-electron chi connectivity index (χ0n) is 21.1. The Kier molecular flexibility index (Phi) is 8.99. The Bertz CT molecular complexity index is 1470. The molecule has 0 saturated heterocycles. The average Bonchev–Trinajstić information content (AvgIpc) is 3.35. The van der Waals surface area contributed by atoms with E-state index in [1.54, 1.807) is 12.1 Å². The predicted octanol–water partition coefficient (Wildman–Crippen LogP) is 3.55. The molecule has 0 aliphatic carbocycles. The Morgan fingerprint density at radius 2 is 1.54 bits per heavy atom. The number of rotatable bonds is 9. The standard InChI is InChI=1S/C28H28N6O5/c29-14-7-15-31-26(35)24-22-13-12-21(25(30)32-27(36)38-17-19-8-3-1-4-9-19)16-23(22)34(33-24)28(37)39-18-20-10-5-2-6-11-20/h1-6,8-13,16H,7,14-15,17-18,29H2,(H,31,35)(H2,30,32,36). The predicted molar refractivity (Wildman–Crippen MR) is 144 cm³/mol. The van der Waals surface area contributed by atoms with E-state index < -0.39 is 18.1 Å². The third-order valence-electron chi connectivity index (χ3n) is 5.67. The van der Waals surface area contributed by atoms with Crippen molar-refractivity contribution in [2.45, 2.75) is 19.6 Å². The van der Waals surface area contributed by atoms with Gasteiger partial charge in [0, 0.05) is 17.5 Å². The molecule has 200 valence electrons. The largest absolute Gasteiger partial charge is 0.444 e. The van der Waals surface area contributed by atoms with Gasteiger partial charge in [-0.3, -0.25) is 15.5 Å². The molecule has 39 heavy (non-hydrogen) atoms. The number of carbonyl (C=O) groups is 3. The third kappa shape index (κ3) is 7.05. The Morgan fingerprint density at radius 1 is 0.897 bits per heavy atom. The number of fused-ring (bicyclic) bond motifs is 1. The lowest BCUT2D eigenvalue weighted by Crippen LogP contribution is -2.31. The van der Waals surface area contributed by atoms with Crippen molar-refractivity contribution in [2.24, 2.45) is 5.73 Å². The number of nitrogens with two attached hydrogens (primary N) is 1. The molecular formula is C28H28N6O5. The van der Waals surface area contributed by atoms with Gasteiger partial charge in [-0.2, -0.15) is 9.78 Å². The summed E-state index contributed by atoms with van der Waals surface area (Å²) in [5.74, 6) is -0.734. The van der Waals surface area contributed by atoms with Crippen molar-refractivity contribution in [3.05, 3.63) is 101 Å². The highest BCUT2D eigenvalue weighted by Gasteiger charge is 2.22. The van der Waals surface area contributed by atoms with Crippen LogP contribution < -0.4 is 16.4 Å². The number of amidine groups is 1. The fourth-order valence-electron chi connectivity index (χ4n) is 3.68. The van der Waals surface area contributed by atoms with Gasteiger partial charge in [0.2, 0.25) is 0 Å². The second kappa shape index (κ2) is 13.0. The van der Waals surface area contributed by atoms with Gasteiger partial charge >= 0.3 is 12.2 Å². The summed E-state index contributed by atoms with van der Waals surface area (Å²) in [6.07, 6.45) is -1.03. The van der Waals surface area contributed by atoms with Crippen molar-refractivity contribution in [3.8, 4) is 0 Å². The number of aromatic nitrogens is 2. The first-order valence-electron chi connectivity index (χ1n) is 12.2. The van der Waals surface area contributed by atoms with Crippen molar-refractivity contribution in [1.82, 2.24) is 20.4 Å². The number of amides is 2. The Hall–Kier alpha value is -5.03. The van der Waals surface area contributed by atoms with E-state index in [9.17, 15) is 14.4 Å². The first-order chi connectivity index (χ1) is 19.0. The maximum absolute atomic E-state index is 13.0. The highest BCUT2D eigenvalue weighted by Crippen LogP contribution is 2.21. The van der Waals surface area contributed by atoms with Gasteiger partial charge < -0.3 is 20.5 Å². The topological polar surface area (TPSA) is 161 Å². The summed E-state index contributed by atoms with van der Waals surface area (Å²) in [5, 5.41) is 18.0. The van der Waals surface area contributed by atoms with Crippen LogP contribution in [0.2, 0.25) is 0 Å². The minimum Gasteiger partial charge on any atom is -0.444 e. The van der Waals surface area contributed by atoms with E-state index in [2.05, 4.69) is 15.7 Å². The monoisotopic (exact) mass is 528 g/mol. The zero-order valence-corrected chi connectivity index (χ0v) is 21.1. The first-order valence-corrected chi connectivity index (χ1v) is 12.2. The number of nitrogens with one attached hydrogen (secondary N) is 3. The lowest BCUT2D eigenvalue weighted by molar-refractivity contribution is 0.0949. The molecule has 3 aromatic carbocycles. The van der Waals surface area contributed by atoms with Crippen molar-refractivity contribution in [1.29, 1.82) is 5.41 Å². The third-order valence-corrected chi connectivity index (χ3v) is 5.67. The smallest absolute Gasteiger partial charge is 0.435 e. The van der Waals surface area contributed by atoms with Crippen LogP contribution in [0, 0.1) is 5.41 Å². The van der Waals surface area contributed by atoms with Crippen molar-refractivity contribution >= 4 is 34.8 Å². The van der Waals surface area contributed by atoms with Crippen molar-refractivity contribution in [2.75, 3.05) is 13.1 Å². The maximum Gasteiger partial charge on any atom is 0.435 e. The molecule has 5 N–H and O–H groups in total. The zero-order chi connectivity index (χ0) is 27.6. The summed E-state index contributed by atoms with van der Waals surface area (Å²) >= 11 is 0. The summed E-state index contributed by atoms with van der Waals surface area (Å²) in [7, 11) is 0. The van der Waals surface area contributed by atoms with Gasteiger partial charge in [-0.25, -0.2) is 9.59 Å². The molecule has 4 aromatic rings. The molecular weight excluding hydrogens is 500 g/mol. The van der Waals surface area contributed by atoms with Crippen LogP contribution in [0.1, 0.15) is 33.6 Å². The van der Waals surface area contributed by atoms with Crippen molar-refractivity contribution in [3.63, 3.8) is 0 Å². The lowest BCUT2D eigenvalue weighted by atomic mass is 10.1. The molecule has 0 spiro atoms. The molecule has 0 fully saturated rings. The molecule has 0 atom stereocenters. The number of ether oxygens (including phenoxy) is 2. The lowest BCUT2D eigenvalue weighted by Gasteiger charge is -2.09. The van der Waals surface area contributed by atoms with Gasteiger partial charge in [0.25, 0.3) is 5.91 Å². The van der Waals surface area contributed by atoms with Gasteiger partial charge in [0.05, 0.1) is 5.52 Å². The molecule has 1 heterocycles. The molecule has 0 saturated carbocycles. The van der Waals surface area contributed by atoms with Crippen LogP contribution in [0.25, 0.3) is 10.9 Å². The van der Waals surface area contributed by atoms with E-state index in [4.69, 9.17) is 20.6 Å². The molecule has 0 aliphatic heterocycles. The summed E-state index contributed by atoms with van der Waals surface area (Å²) in [6, 6.07) is 22.8. The second-order valence-electron chi connectivity index (χ2n) is 8.49. The van der Waals surface area contributed by atoms with Gasteiger partial charge in [0.1, 0.15) is 19.0 Å². The minimum absolute atomic E-state index is 0.00335. The van der Waals surface area contributed by atoms with E-state index in [1.165, 1.54) is 6.07 Å². The van der Waals surface area contributed by atoms with Crippen LogP contribution in [0.5, 0.6) is 0 Å². The fourth-order valence-corrected chi connectivity index (χ4v) is 3.68. The highest BCUT2D eigenvalue weighted by molar-refractivity contribution is 6.10. The molecule has 11 nitrogen and oxygen atoms in total. The van der Waals surface area contributed by atoms with E-state index in [0.29, 0.717) is 24.9 Å². The Balaban J connectivity index is 1.55. The number of carbonyl (C=O) groups excluding carboxylic acids is 3. The van der Waals surface area contributed by atoms with Crippen LogP contribution in [0.15, 0.2) is 78.9 Å².